The Labute approximate surface area is 126 Å². The van der Waals surface area contributed by atoms with Gasteiger partial charge in [0.15, 0.2) is 0 Å². The van der Waals surface area contributed by atoms with Crippen molar-refractivity contribution >= 4 is 37.6 Å². The fraction of sp³-hybridized carbons (Fsp3) is 0.545. The molecule has 5 nitrogen and oxygen atoms in total. The first-order valence-corrected chi connectivity index (χ1v) is 8.41. The molecule has 0 N–H and O–H groups in total. The summed E-state index contributed by atoms with van der Waals surface area (Å²) in [4.78, 5) is 3.84. The highest BCUT2D eigenvalue weighted by Gasteiger charge is 2.28. The van der Waals surface area contributed by atoms with Gasteiger partial charge in [0.2, 0.25) is 10.0 Å². The summed E-state index contributed by atoms with van der Waals surface area (Å²) in [6.07, 6.45) is 3.27. The van der Waals surface area contributed by atoms with E-state index in [2.05, 4.69) is 20.9 Å². The van der Waals surface area contributed by atoms with Crippen LogP contribution in [0.3, 0.4) is 0 Å². The number of pyridine rings is 1. The van der Waals surface area contributed by atoms with E-state index >= 15 is 0 Å². The molecule has 0 bridgehead atoms. The van der Waals surface area contributed by atoms with Crippen molar-refractivity contribution in [1.29, 1.82) is 0 Å². The lowest BCUT2D eigenvalue weighted by Gasteiger charge is -2.20. The predicted octanol–water partition coefficient (Wildman–Crippen LogP) is 2.30. The van der Waals surface area contributed by atoms with Crippen molar-refractivity contribution in [1.82, 2.24) is 9.29 Å². The van der Waals surface area contributed by atoms with E-state index in [0.29, 0.717) is 17.6 Å². The highest BCUT2D eigenvalue weighted by atomic mass is 79.9. The molecule has 1 atom stereocenters. The highest BCUT2D eigenvalue weighted by molar-refractivity contribution is 9.10. The summed E-state index contributed by atoms with van der Waals surface area (Å²) in [7, 11) is -2.13. The molecule has 0 aliphatic carbocycles. The van der Waals surface area contributed by atoms with Crippen molar-refractivity contribution in [3.63, 3.8) is 0 Å². The van der Waals surface area contributed by atoms with Gasteiger partial charge in [-0.05, 0) is 34.8 Å². The van der Waals surface area contributed by atoms with Crippen molar-refractivity contribution in [3.8, 4) is 0 Å². The number of sulfonamides is 1. The predicted molar refractivity (Wildman–Crippen MR) is 75.7 cm³/mol. The third-order valence-electron chi connectivity index (χ3n) is 2.95. The van der Waals surface area contributed by atoms with Gasteiger partial charge in [-0.2, -0.15) is 4.31 Å². The molecule has 19 heavy (non-hydrogen) atoms. The van der Waals surface area contributed by atoms with Gasteiger partial charge in [-0.3, -0.25) is 0 Å². The van der Waals surface area contributed by atoms with Crippen LogP contribution in [0.4, 0.5) is 0 Å². The number of nitrogens with zero attached hydrogens (tertiary/aromatic N) is 2. The number of halogens is 2. The average molecular weight is 370 g/mol. The molecule has 2 heterocycles. The van der Waals surface area contributed by atoms with Gasteiger partial charge >= 0.3 is 0 Å². The van der Waals surface area contributed by atoms with Crippen LogP contribution in [0.2, 0.25) is 5.15 Å². The van der Waals surface area contributed by atoms with Crippen LogP contribution in [-0.2, 0) is 14.8 Å². The molecule has 0 amide bonds. The summed E-state index contributed by atoms with van der Waals surface area (Å²) in [5.41, 5.74) is 0. The summed E-state index contributed by atoms with van der Waals surface area (Å²) in [5, 5.41) is -0.0256. The zero-order chi connectivity index (χ0) is 14.0. The molecule has 0 aromatic carbocycles. The lowest BCUT2D eigenvalue weighted by atomic mass is 10.2. The Morgan fingerprint density at radius 2 is 2.37 bits per heavy atom. The van der Waals surface area contributed by atoms with Gasteiger partial charge in [-0.1, -0.05) is 11.6 Å². The molecule has 1 unspecified atom stereocenters. The van der Waals surface area contributed by atoms with E-state index in [1.165, 1.54) is 23.6 Å². The standard InChI is InChI=1S/C11H14BrClN2O3S/c1-15(7-9-3-2-4-18-9)19(16,17)10-5-8(12)6-14-11(10)13/h5-6,9H,2-4,7H2,1H3. The Hall–Kier alpha value is -0.210. The molecule has 106 valence electrons. The minimum absolute atomic E-state index is 0.00374. The SMILES string of the molecule is CN(CC1CCCO1)S(=O)(=O)c1cc(Br)cnc1Cl. The van der Waals surface area contributed by atoms with Gasteiger partial charge in [0.25, 0.3) is 0 Å². The van der Waals surface area contributed by atoms with Crippen LogP contribution >= 0.6 is 27.5 Å². The first-order chi connectivity index (χ1) is 8.91. The normalized spacial score (nSPS) is 20.1. The van der Waals surface area contributed by atoms with Crippen LogP contribution in [0.1, 0.15) is 12.8 Å². The van der Waals surface area contributed by atoms with E-state index in [4.69, 9.17) is 16.3 Å². The third kappa shape index (κ3) is 3.46. The minimum atomic E-state index is -3.65. The maximum absolute atomic E-state index is 12.4. The molecule has 1 aromatic rings. The van der Waals surface area contributed by atoms with Gasteiger partial charge in [0.05, 0.1) is 6.10 Å². The molecule has 1 aliphatic heterocycles. The van der Waals surface area contributed by atoms with E-state index in [1.54, 1.807) is 0 Å². The Morgan fingerprint density at radius 3 is 3.00 bits per heavy atom. The number of hydrogen-bond donors (Lipinski definition) is 0. The van der Waals surface area contributed by atoms with Crippen LogP contribution in [-0.4, -0.2) is 44.0 Å². The zero-order valence-electron chi connectivity index (χ0n) is 10.3. The summed E-state index contributed by atoms with van der Waals surface area (Å²) in [5.74, 6) is 0. The fourth-order valence-corrected chi connectivity index (χ4v) is 4.04. The number of likely N-dealkylation sites (N-methyl/N-ethyl adjacent to an activating group) is 1. The molecule has 1 aliphatic rings. The van der Waals surface area contributed by atoms with Crippen molar-refractivity contribution in [2.24, 2.45) is 0 Å². The maximum Gasteiger partial charge on any atom is 0.246 e. The second-order valence-corrected chi connectivity index (χ2v) is 7.65. The Kier molecular flexibility index (Phi) is 4.84. The summed E-state index contributed by atoms with van der Waals surface area (Å²) < 4.78 is 32.1. The Morgan fingerprint density at radius 1 is 1.63 bits per heavy atom. The van der Waals surface area contributed by atoms with Gasteiger partial charge in [0.1, 0.15) is 10.0 Å². The van der Waals surface area contributed by atoms with Crippen LogP contribution in [0, 0.1) is 0 Å². The summed E-state index contributed by atoms with van der Waals surface area (Å²) in [6, 6.07) is 1.46. The number of rotatable bonds is 4. The highest BCUT2D eigenvalue weighted by Crippen LogP contribution is 2.26. The monoisotopic (exact) mass is 368 g/mol. The number of ether oxygens (including phenoxy) is 1. The Bertz CT molecular complexity index is 561. The third-order valence-corrected chi connectivity index (χ3v) is 5.63. The van der Waals surface area contributed by atoms with E-state index in [0.717, 1.165) is 12.8 Å². The van der Waals surface area contributed by atoms with Crippen LogP contribution in [0.5, 0.6) is 0 Å². The first kappa shape index (κ1) is 15.2. The Balaban J connectivity index is 2.22. The first-order valence-electron chi connectivity index (χ1n) is 5.80. The molecular formula is C11H14BrClN2O3S. The number of hydrogen-bond acceptors (Lipinski definition) is 4. The van der Waals surface area contributed by atoms with Gasteiger partial charge in [-0.15, -0.1) is 0 Å². The molecule has 0 radical (unpaired) electrons. The van der Waals surface area contributed by atoms with Gasteiger partial charge in [0, 0.05) is 30.9 Å². The molecule has 2 rings (SSSR count). The fourth-order valence-electron chi connectivity index (χ4n) is 1.93. The second-order valence-electron chi connectivity index (χ2n) is 4.36. The summed E-state index contributed by atoms with van der Waals surface area (Å²) in [6.45, 7) is 1.02. The maximum atomic E-state index is 12.4. The molecule has 0 spiro atoms. The van der Waals surface area contributed by atoms with Gasteiger partial charge < -0.3 is 4.74 Å². The van der Waals surface area contributed by atoms with E-state index < -0.39 is 10.0 Å². The van der Waals surface area contributed by atoms with Crippen molar-refractivity contribution in [2.45, 2.75) is 23.8 Å². The average Bonchev–Trinajstić information content (AvgIpc) is 2.85. The van der Waals surface area contributed by atoms with Crippen LogP contribution < -0.4 is 0 Å². The van der Waals surface area contributed by atoms with Crippen molar-refractivity contribution < 1.29 is 13.2 Å². The molecule has 1 fully saturated rings. The van der Waals surface area contributed by atoms with Crippen molar-refractivity contribution in [3.05, 3.63) is 21.9 Å². The molecule has 1 aromatic heterocycles. The lowest BCUT2D eigenvalue weighted by molar-refractivity contribution is 0.0979. The summed E-state index contributed by atoms with van der Waals surface area (Å²) >= 11 is 9.07. The topological polar surface area (TPSA) is 59.5 Å². The van der Waals surface area contributed by atoms with Gasteiger partial charge in [-0.25, -0.2) is 13.4 Å². The van der Waals surface area contributed by atoms with E-state index in [9.17, 15) is 8.42 Å². The quantitative estimate of drug-likeness (QED) is 0.764. The zero-order valence-corrected chi connectivity index (χ0v) is 13.5. The molecular weight excluding hydrogens is 356 g/mol. The lowest BCUT2D eigenvalue weighted by Crippen LogP contribution is -2.34. The second kappa shape index (κ2) is 6.05. The van der Waals surface area contributed by atoms with E-state index in [-0.39, 0.29) is 16.2 Å². The smallest absolute Gasteiger partial charge is 0.246 e. The van der Waals surface area contributed by atoms with Crippen LogP contribution in [0.15, 0.2) is 21.6 Å². The van der Waals surface area contributed by atoms with E-state index in [1.807, 2.05) is 0 Å². The molecule has 1 saturated heterocycles. The molecule has 0 saturated carbocycles. The molecule has 8 heteroatoms. The minimum Gasteiger partial charge on any atom is -0.377 e. The largest absolute Gasteiger partial charge is 0.377 e. The number of aromatic nitrogens is 1. The van der Waals surface area contributed by atoms with Crippen molar-refractivity contribution in [2.75, 3.05) is 20.2 Å². The van der Waals surface area contributed by atoms with Crippen LogP contribution in [0.25, 0.3) is 0 Å².